The third-order valence-electron chi connectivity index (χ3n) is 3.88. The maximum Gasteiger partial charge on any atom is 0.323 e. The monoisotopic (exact) mass is 360 g/mol. The minimum absolute atomic E-state index is 0.282. The third-order valence-corrected chi connectivity index (χ3v) is 5.33. The van der Waals surface area contributed by atoms with Crippen LogP contribution in [-0.4, -0.2) is 39.3 Å². The lowest BCUT2D eigenvalue weighted by Crippen LogP contribution is -2.34. The number of benzene rings is 1. The molecule has 0 aromatic heterocycles. The van der Waals surface area contributed by atoms with E-state index in [2.05, 4.69) is 11.0 Å². The highest BCUT2D eigenvalue weighted by atomic mass is 32.2. The molecular weight excluding hydrogens is 344 g/mol. The predicted octanol–water partition coefficient (Wildman–Crippen LogP) is 3.00. The number of hydrogen-bond acceptors (Lipinski definition) is 5. The fourth-order valence-electron chi connectivity index (χ4n) is 2.81. The zero-order valence-electron chi connectivity index (χ0n) is 13.3. The van der Waals surface area contributed by atoms with Gasteiger partial charge in [0.15, 0.2) is 0 Å². The van der Waals surface area contributed by atoms with Crippen molar-refractivity contribution >= 4 is 51.9 Å². The number of carbonyl (C=O) groups excluding carboxylic acids is 1. The molecule has 2 aliphatic rings. The van der Waals surface area contributed by atoms with Gasteiger partial charge in [0.2, 0.25) is 0 Å². The molecule has 3 rings (SSSR count). The molecule has 1 N–H and O–H groups in total. The van der Waals surface area contributed by atoms with Crippen molar-refractivity contribution in [1.82, 2.24) is 4.90 Å². The summed E-state index contributed by atoms with van der Waals surface area (Å²) < 4.78 is 0.282. The average Bonchev–Trinajstić information content (AvgIpc) is 2.81. The summed E-state index contributed by atoms with van der Waals surface area (Å²) >= 11 is 6.34. The first-order valence-electron chi connectivity index (χ1n) is 7.48. The van der Waals surface area contributed by atoms with E-state index in [4.69, 9.17) is 17.3 Å². The van der Waals surface area contributed by atoms with Gasteiger partial charge in [-0.2, -0.15) is 0 Å². The maximum atomic E-state index is 12.6. The molecule has 5 nitrogen and oxygen atoms in total. The normalized spacial score (nSPS) is 19.9. The zero-order valence-corrected chi connectivity index (χ0v) is 14.9. The van der Waals surface area contributed by atoms with Crippen LogP contribution < -0.4 is 4.90 Å². The Kier molecular flexibility index (Phi) is 4.47. The van der Waals surface area contributed by atoms with Gasteiger partial charge in [-0.15, -0.1) is 0 Å². The molecule has 2 heterocycles. The zero-order chi connectivity index (χ0) is 17.4. The molecule has 1 amide bonds. The molecule has 0 spiro atoms. The number of anilines is 1. The molecule has 1 aromatic rings. The summed E-state index contributed by atoms with van der Waals surface area (Å²) in [6.45, 7) is 4.34. The summed E-state index contributed by atoms with van der Waals surface area (Å²) in [5, 5.41) is 8.96. The van der Waals surface area contributed by atoms with Crippen molar-refractivity contribution in [1.29, 1.82) is 0 Å². The highest BCUT2D eigenvalue weighted by Crippen LogP contribution is 2.39. The van der Waals surface area contributed by atoms with Crippen molar-refractivity contribution < 1.29 is 14.7 Å². The minimum atomic E-state index is -1.08. The van der Waals surface area contributed by atoms with Crippen molar-refractivity contribution in [2.45, 2.75) is 13.8 Å². The first kappa shape index (κ1) is 16.7. The van der Waals surface area contributed by atoms with Crippen molar-refractivity contribution in [3.63, 3.8) is 0 Å². The van der Waals surface area contributed by atoms with E-state index in [0.717, 1.165) is 33.6 Å². The number of amides is 1. The van der Waals surface area contributed by atoms with Crippen LogP contribution >= 0.6 is 24.0 Å². The molecule has 1 aromatic carbocycles. The van der Waals surface area contributed by atoms with Crippen LogP contribution in [0.1, 0.15) is 18.1 Å². The summed E-state index contributed by atoms with van der Waals surface area (Å²) in [5.74, 6) is -1.43. The lowest BCUT2D eigenvalue weighted by Gasteiger charge is -2.30. The van der Waals surface area contributed by atoms with E-state index >= 15 is 0 Å². The second-order valence-corrected chi connectivity index (χ2v) is 7.15. The highest BCUT2D eigenvalue weighted by Gasteiger charge is 2.37. The van der Waals surface area contributed by atoms with E-state index in [-0.39, 0.29) is 10.2 Å². The number of fused-ring (bicyclic) bond motifs is 1. The Morgan fingerprint density at radius 3 is 2.71 bits per heavy atom. The summed E-state index contributed by atoms with van der Waals surface area (Å²) in [4.78, 5) is 27.2. The minimum Gasteiger partial charge on any atom is -0.480 e. The summed E-state index contributed by atoms with van der Waals surface area (Å²) in [6, 6.07) is 6.17. The SMILES string of the molecule is CCN1/C(=C2\SC(=S)N(CC(=O)O)C2=O)C=Cc2cc(C)ccc21. The number of carboxylic acids is 1. The van der Waals surface area contributed by atoms with E-state index in [0.29, 0.717) is 11.4 Å². The standard InChI is InChI=1S/C17H16N2O3S2/c1-3-18-12-6-4-10(2)8-11(12)5-7-13(18)15-16(22)19(9-14(20)21)17(23)24-15/h4-8H,3,9H2,1-2H3,(H,20,21)/b15-13-. The Hall–Kier alpha value is -2.12. The van der Waals surface area contributed by atoms with Crippen molar-refractivity contribution in [3.8, 4) is 0 Å². The number of thiocarbonyl (C=S) groups is 1. The molecule has 0 saturated carbocycles. The third kappa shape index (κ3) is 2.85. The maximum absolute atomic E-state index is 12.6. The van der Waals surface area contributed by atoms with E-state index in [1.807, 2.05) is 38.1 Å². The highest BCUT2D eigenvalue weighted by molar-refractivity contribution is 8.26. The molecule has 24 heavy (non-hydrogen) atoms. The van der Waals surface area contributed by atoms with Gasteiger partial charge in [0, 0.05) is 12.2 Å². The van der Waals surface area contributed by atoms with E-state index in [1.54, 1.807) is 0 Å². The van der Waals surface area contributed by atoms with Gasteiger partial charge in [-0.3, -0.25) is 14.5 Å². The Labute approximate surface area is 149 Å². The van der Waals surface area contributed by atoms with Crippen LogP contribution in [-0.2, 0) is 9.59 Å². The quantitative estimate of drug-likeness (QED) is 0.660. The van der Waals surface area contributed by atoms with Gasteiger partial charge in [0.05, 0.1) is 5.70 Å². The van der Waals surface area contributed by atoms with Gasteiger partial charge in [0.1, 0.15) is 15.8 Å². The van der Waals surface area contributed by atoms with E-state index in [9.17, 15) is 9.59 Å². The number of carbonyl (C=O) groups is 2. The van der Waals surface area contributed by atoms with Gasteiger partial charge >= 0.3 is 5.97 Å². The molecule has 0 unspecified atom stereocenters. The lowest BCUT2D eigenvalue weighted by atomic mass is 10.0. The number of likely N-dealkylation sites (N-methyl/N-ethyl adjacent to an activating group) is 1. The van der Waals surface area contributed by atoms with Crippen LogP contribution in [0.25, 0.3) is 6.08 Å². The van der Waals surface area contributed by atoms with E-state index in [1.165, 1.54) is 5.56 Å². The largest absolute Gasteiger partial charge is 0.480 e. The van der Waals surface area contributed by atoms with Crippen LogP contribution in [0.4, 0.5) is 5.69 Å². The Morgan fingerprint density at radius 1 is 1.29 bits per heavy atom. The molecule has 7 heteroatoms. The van der Waals surface area contributed by atoms with Crippen molar-refractivity contribution in [3.05, 3.63) is 46.0 Å². The molecule has 0 atom stereocenters. The second-order valence-electron chi connectivity index (χ2n) is 5.51. The summed E-state index contributed by atoms with van der Waals surface area (Å²) in [6.07, 6.45) is 3.88. The fourth-order valence-corrected chi connectivity index (χ4v) is 4.12. The number of thioether (sulfide) groups is 1. The van der Waals surface area contributed by atoms with Crippen LogP contribution in [0, 0.1) is 6.92 Å². The lowest BCUT2D eigenvalue weighted by molar-refractivity contribution is -0.140. The van der Waals surface area contributed by atoms with Gasteiger partial charge in [-0.1, -0.05) is 41.7 Å². The average molecular weight is 360 g/mol. The number of aliphatic carboxylic acids is 1. The van der Waals surface area contributed by atoms with Crippen molar-refractivity contribution in [2.75, 3.05) is 18.0 Å². The molecule has 124 valence electrons. The number of carboxylic acid groups (broad SMARTS) is 1. The molecule has 1 fully saturated rings. The Morgan fingerprint density at radius 2 is 2.04 bits per heavy atom. The molecule has 1 saturated heterocycles. The Bertz CT molecular complexity index is 814. The fraction of sp³-hybridized carbons (Fsp3) is 0.235. The summed E-state index contributed by atoms with van der Waals surface area (Å²) in [7, 11) is 0. The van der Waals surface area contributed by atoms with Gasteiger partial charge in [-0.05, 0) is 37.6 Å². The van der Waals surface area contributed by atoms with Gasteiger partial charge in [0.25, 0.3) is 5.91 Å². The number of hydrogen-bond donors (Lipinski definition) is 1. The van der Waals surface area contributed by atoms with Crippen molar-refractivity contribution in [2.24, 2.45) is 0 Å². The van der Waals surface area contributed by atoms with Gasteiger partial charge in [-0.25, -0.2) is 0 Å². The Balaban J connectivity index is 2.04. The number of allylic oxidation sites excluding steroid dienone is 1. The predicted molar refractivity (Wildman–Crippen MR) is 99.8 cm³/mol. The molecule has 0 bridgehead atoms. The smallest absolute Gasteiger partial charge is 0.323 e. The van der Waals surface area contributed by atoms with Gasteiger partial charge < -0.3 is 10.0 Å². The van der Waals surface area contributed by atoms with Crippen LogP contribution in [0.15, 0.2) is 34.9 Å². The molecule has 0 aliphatic carbocycles. The summed E-state index contributed by atoms with van der Waals surface area (Å²) in [5.41, 5.74) is 4.07. The first-order chi connectivity index (χ1) is 11.4. The van der Waals surface area contributed by atoms with Crippen LogP contribution in [0.5, 0.6) is 0 Å². The van der Waals surface area contributed by atoms with Crippen LogP contribution in [0.3, 0.4) is 0 Å². The van der Waals surface area contributed by atoms with E-state index < -0.39 is 12.5 Å². The first-order valence-corrected chi connectivity index (χ1v) is 8.71. The topological polar surface area (TPSA) is 60.9 Å². The number of nitrogens with zero attached hydrogens (tertiary/aromatic N) is 2. The molecular formula is C17H16N2O3S2. The number of aryl methyl sites for hydroxylation is 1. The molecule has 0 radical (unpaired) electrons. The second kappa shape index (κ2) is 6.41. The van der Waals surface area contributed by atoms with Crippen LogP contribution in [0.2, 0.25) is 0 Å². The number of rotatable bonds is 3. The molecule has 2 aliphatic heterocycles.